The van der Waals surface area contributed by atoms with Gasteiger partial charge < -0.3 is 15.5 Å². The van der Waals surface area contributed by atoms with Crippen molar-refractivity contribution in [3.8, 4) is 0 Å². The molecule has 1 aromatic heterocycles. The molecule has 0 aliphatic carbocycles. The summed E-state index contributed by atoms with van der Waals surface area (Å²) in [5.74, 6) is 0.0988. The fraction of sp³-hybridized carbons (Fsp3) is 0.333. The van der Waals surface area contributed by atoms with Crippen LogP contribution in [0.2, 0.25) is 0 Å². The highest BCUT2D eigenvalue weighted by molar-refractivity contribution is 6.15. The highest BCUT2D eigenvalue weighted by atomic mass is 19.3. The Morgan fingerprint density at radius 1 is 1.06 bits per heavy atom. The van der Waals surface area contributed by atoms with Crippen LogP contribution >= 0.6 is 0 Å². The van der Waals surface area contributed by atoms with Gasteiger partial charge in [0.05, 0.1) is 23.7 Å². The second-order valence-corrected chi connectivity index (χ2v) is 12.5. The first-order chi connectivity index (χ1) is 23.6. The number of aromatic nitrogens is 1. The molecule has 3 aliphatic rings. The van der Waals surface area contributed by atoms with Crippen molar-refractivity contribution in [3.05, 3.63) is 94.8 Å². The van der Waals surface area contributed by atoms with Gasteiger partial charge in [-0.3, -0.25) is 30.3 Å². The summed E-state index contributed by atoms with van der Waals surface area (Å²) in [6.45, 7) is 2.97. The number of amidine groups is 1. The average molecular weight is 666 g/mol. The van der Waals surface area contributed by atoms with Crippen molar-refractivity contribution in [2.75, 3.05) is 56.9 Å². The van der Waals surface area contributed by atoms with Crippen LogP contribution < -0.4 is 10.6 Å². The summed E-state index contributed by atoms with van der Waals surface area (Å²) in [7, 11) is 1.55. The molecule has 1 spiro atoms. The van der Waals surface area contributed by atoms with Crippen LogP contribution in [0.3, 0.4) is 0 Å². The Hall–Kier alpha value is -5.39. The third-order valence-corrected chi connectivity index (χ3v) is 9.57. The smallest absolute Gasteiger partial charge is 0.280 e. The molecule has 11 nitrogen and oxygen atoms in total. The Morgan fingerprint density at radius 2 is 1.84 bits per heavy atom. The first kappa shape index (κ1) is 33.5. The van der Waals surface area contributed by atoms with E-state index in [2.05, 4.69) is 32.0 Å². The van der Waals surface area contributed by atoms with Gasteiger partial charge in [-0.1, -0.05) is 30.3 Å². The Bertz CT molecular complexity index is 1900. The number of alkyl halides is 2. The second-order valence-electron chi connectivity index (χ2n) is 12.5. The van der Waals surface area contributed by atoms with Crippen LogP contribution in [0.25, 0.3) is 5.57 Å². The molecule has 2 fully saturated rings. The van der Waals surface area contributed by atoms with E-state index in [4.69, 9.17) is 16.6 Å². The summed E-state index contributed by atoms with van der Waals surface area (Å²) in [4.78, 5) is 44.0. The third kappa shape index (κ3) is 6.94. The fourth-order valence-corrected chi connectivity index (χ4v) is 6.80. The number of nitrogens with one attached hydrogen (secondary N) is 2. The van der Waals surface area contributed by atoms with Crippen LogP contribution in [0.1, 0.15) is 53.6 Å². The summed E-state index contributed by atoms with van der Waals surface area (Å²) in [6, 6.07) is 17.7. The maximum absolute atomic E-state index is 13.9. The molecule has 3 aliphatic heterocycles. The van der Waals surface area contributed by atoms with E-state index in [-0.39, 0.29) is 35.5 Å². The Kier molecular flexibility index (Phi) is 9.57. The number of benzene rings is 2. The lowest BCUT2D eigenvalue weighted by molar-refractivity contribution is -0.132. The predicted octanol–water partition coefficient (Wildman–Crippen LogP) is 4.89. The van der Waals surface area contributed by atoms with Crippen molar-refractivity contribution in [3.63, 3.8) is 0 Å². The van der Waals surface area contributed by atoms with E-state index in [0.29, 0.717) is 68.1 Å². The largest absolute Gasteiger partial charge is 0.398 e. The van der Waals surface area contributed by atoms with Crippen LogP contribution in [0.4, 0.5) is 20.2 Å². The van der Waals surface area contributed by atoms with Gasteiger partial charge in [-0.05, 0) is 67.3 Å². The molecule has 0 saturated carbocycles. The van der Waals surface area contributed by atoms with E-state index in [0.717, 1.165) is 17.6 Å². The summed E-state index contributed by atoms with van der Waals surface area (Å²) in [6.07, 6.45) is 2.56. The molecule has 2 aromatic carbocycles. The highest BCUT2D eigenvalue weighted by Gasteiger charge is 2.51. The molecule has 1 atom stereocenters. The fourth-order valence-electron chi connectivity index (χ4n) is 6.80. The first-order valence-corrected chi connectivity index (χ1v) is 16.1. The molecule has 2 amide bonds. The van der Waals surface area contributed by atoms with E-state index >= 15 is 0 Å². The Morgan fingerprint density at radius 3 is 2.55 bits per heavy atom. The van der Waals surface area contributed by atoms with E-state index in [1.54, 1.807) is 30.1 Å². The summed E-state index contributed by atoms with van der Waals surface area (Å²) in [5.41, 5.74) is 9.53. The lowest BCUT2D eigenvalue weighted by Crippen LogP contribution is -2.43. The molecular weight excluding hydrogens is 628 g/mol. The lowest BCUT2D eigenvalue weighted by atomic mass is 9.85. The minimum atomic E-state index is -2.76. The van der Waals surface area contributed by atoms with Gasteiger partial charge in [0.1, 0.15) is 5.69 Å². The summed E-state index contributed by atoms with van der Waals surface area (Å²) >= 11 is 0. The van der Waals surface area contributed by atoms with Gasteiger partial charge in [-0.25, -0.2) is 13.8 Å². The highest BCUT2D eigenvalue weighted by Crippen LogP contribution is 2.43. The van der Waals surface area contributed by atoms with Crippen molar-refractivity contribution in [1.29, 1.82) is 10.8 Å². The number of nitrogens with two attached hydrogens (primary N) is 1. The minimum Gasteiger partial charge on any atom is -0.398 e. The number of nitrogen functional groups attached to an aromatic ring is 1. The maximum Gasteiger partial charge on any atom is 0.280 e. The van der Waals surface area contributed by atoms with Gasteiger partial charge in [-0.2, -0.15) is 4.99 Å². The number of nitrogens with zero attached hydrogens (tertiary/aromatic N) is 6. The number of halogens is 2. The topological polar surface area (TPSA) is 155 Å². The zero-order chi connectivity index (χ0) is 34.7. The summed E-state index contributed by atoms with van der Waals surface area (Å²) in [5, 5.41) is 16.7. The van der Waals surface area contributed by atoms with E-state index in [1.807, 2.05) is 29.2 Å². The number of rotatable bonds is 8. The Balaban J connectivity index is 1.06. The number of likely N-dealkylation sites (tertiary alicyclic amines) is 1. The van der Waals surface area contributed by atoms with Gasteiger partial charge in [0.2, 0.25) is 11.8 Å². The standard InChI is InChI=1S/C36H37F2N9O2/c1-42-22-44-34(41)25-4-2-23(3-5-25)24-9-14-46(15-10-24)31(48)20-45-16-11-36(21-45)12-17-47(35(36)49)27-6-7-29(39)28(19-27)32(40)26-8-13-43-30(18-26)33(37)38/h2-9,13,18-19,33,40-41H,10-12,14-17,20-21,39H2,1H3/t36-/m0/s1. The molecule has 0 unspecified atom stereocenters. The third-order valence-electron chi connectivity index (χ3n) is 9.57. The molecule has 3 aromatic rings. The van der Waals surface area contributed by atoms with Crippen LogP contribution in [-0.2, 0) is 9.59 Å². The van der Waals surface area contributed by atoms with Crippen molar-refractivity contribution in [2.24, 2.45) is 15.4 Å². The van der Waals surface area contributed by atoms with E-state index in [9.17, 15) is 18.4 Å². The number of pyridine rings is 1. The molecule has 2 saturated heterocycles. The maximum atomic E-state index is 13.9. The number of anilines is 2. The molecular formula is C36H37F2N9O2. The molecule has 6 rings (SSSR count). The van der Waals surface area contributed by atoms with Crippen LogP contribution in [0.5, 0.6) is 0 Å². The van der Waals surface area contributed by atoms with Crippen molar-refractivity contribution >= 4 is 46.3 Å². The number of aliphatic imine (C=N–C) groups is 2. The van der Waals surface area contributed by atoms with Gasteiger partial charge >= 0.3 is 0 Å². The van der Waals surface area contributed by atoms with E-state index in [1.165, 1.54) is 18.3 Å². The minimum absolute atomic E-state index is 0.0226. The zero-order valence-corrected chi connectivity index (χ0v) is 27.1. The summed E-state index contributed by atoms with van der Waals surface area (Å²) < 4.78 is 26.5. The molecule has 0 radical (unpaired) electrons. The molecule has 4 N–H and O–H groups in total. The lowest BCUT2D eigenvalue weighted by Gasteiger charge is -2.29. The van der Waals surface area contributed by atoms with Crippen molar-refractivity contribution in [2.45, 2.75) is 25.7 Å². The monoisotopic (exact) mass is 665 g/mol. The number of hydrogen-bond acceptors (Lipinski definition) is 8. The SMILES string of the molecule is CN=C=NC(=N)c1ccc(C2=CCN(C(=O)CN3CC[C@]4(CCN(c5ccc(N)c(C(=N)c6ccnc(C(F)F)c6)c5)C4=O)C3)CC2)cc1. The molecule has 4 heterocycles. The normalized spacial score (nSPS) is 19.3. The van der Waals surface area contributed by atoms with Crippen LogP contribution in [0.15, 0.2) is 76.9 Å². The van der Waals surface area contributed by atoms with Crippen molar-refractivity contribution < 1.29 is 18.4 Å². The van der Waals surface area contributed by atoms with Gasteiger partial charge in [0.15, 0.2) is 5.84 Å². The quantitative estimate of drug-likeness (QED) is 0.178. The first-order valence-electron chi connectivity index (χ1n) is 16.1. The van der Waals surface area contributed by atoms with Crippen molar-refractivity contribution in [1.82, 2.24) is 14.8 Å². The number of amides is 2. The average Bonchev–Trinajstić information content (AvgIpc) is 3.68. The van der Waals surface area contributed by atoms with Gasteiger partial charge in [0.25, 0.3) is 6.43 Å². The van der Waals surface area contributed by atoms with E-state index < -0.39 is 17.5 Å². The number of carbonyl (C=O) groups excluding carboxylic acids is 2. The predicted molar refractivity (Wildman–Crippen MR) is 185 cm³/mol. The Labute approximate surface area is 282 Å². The molecule has 49 heavy (non-hydrogen) atoms. The van der Waals surface area contributed by atoms with Gasteiger partial charge in [0, 0.05) is 67.5 Å². The second kappa shape index (κ2) is 14.0. The van der Waals surface area contributed by atoms with Gasteiger partial charge in [-0.15, -0.1) is 0 Å². The molecule has 13 heteroatoms. The van der Waals surface area contributed by atoms with Crippen LogP contribution in [0, 0.1) is 16.2 Å². The molecule has 252 valence electrons. The zero-order valence-electron chi connectivity index (χ0n) is 27.1. The number of carbonyl (C=O) groups is 2. The molecule has 0 bridgehead atoms. The van der Waals surface area contributed by atoms with Crippen LogP contribution in [-0.4, -0.2) is 90.5 Å². The number of hydrogen-bond donors (Lipinski definition) is 3.